The van der Waals surface area contributed by atoms with Crippen molar-refractivity contribution in [2.45, 2.75) is 13.8 Å². The second-order valence-electron chi connectivity index (χ2n) is 3.17. The summed E-state index contributed by atoms with van der Waals surface area (Å²) in [6, 6.07) is 5.78. The van der Waals surface area contributed by atoms with E-state index in [4.69, 9.17) is 10.5 Å². The molecule has 0 saturated carbocycles. The van der Waals surface area contributed by atoms with Crippen LogP contribution in [0.3, 0.4) is 0 Å². The number of nitrogens with zero attached hydrogens (tertiary/aromatic N) is 1. The highest BCUT2D eigenvalue weighted by atomic mass is 16.5. The van der Waals surface area contributed by atoms with Crippen LogP contribution in [0, 0.1) is 6.92 Å². The fraction of sp³-hybridized carbons (Fsp3) is 0.364. The molecule has 0 aromatic heterocycles. The zero-order chi connectivity index (χ0) is 11.3. The van der Waals surface area contributed by atoms with Gasteiger partial charge in [0.05, 0.1) is 7.11 Å². The van der Waals surface area contributed by atoms with E-state index in [2.05, 4.69) is 10.3 Å². The van der Waals surface area contributed by atoms with Crippen LogP contribution in [0.15, 0.2) is 23.2 Å². The Morgan fingerprint density at radius 3 is 2.80 bits per heavy atom. The lowest BCUT2D eigenvalue weighted by molar-refractivity contribution is 0.412. The first-order chi connectivity index (χ1) is 7.17. The fourth-order valence-electron chi connectivity index (χ4n) is 1.31. The number of aryl methyl sites for hydroxylation is 1. The Labute approximate surface area is 90.2 Å². The average Bonchev–Trinajstić information content (AvgIpc) is 2.18. The molecule has 0 heterocycles. The van der Waals surface area contributed by atoms with Gasteiger partial charge in [0.15, 0.2) is 5.96 Å². The monoisotopic (exact) mass is 207 g/mol. The number of rotatable bonds is 3. The number of guanidine groups is 1. The highest BCUT2D eigenvalue weighted by Crippen LogP contribution is 2.20. The number of aliphatic imine (C=N–C) groups is 1. The maximum absolute atomic E-state index is 5.64. The van der Waals surface area contributed by atoms with Crippen molar-refractivity contribution in [1.29, 1.82) is 0 Å². The molecular formula is C11H17N3O. The maximum atomic E-state index is 5.64. The van der Waals surface area contributed by atoms with Crippen molar-refractivity contribution in [1.82, 2.24) is 0 Å². The summed E-state index contributed by atoms with van der Waals surface area (Å²) in [6.07, 6.45) is 0. The van der Waals surface area contributed by atoms with E-state index in [1.807, 2.05) is 32.0 Å². The lowest BCUT2D eigenvalue weighted by Crippen LogP contribution is -2.22. The normalized spacial score (nSPS) is 11.3. The molecule has 1 rings (SSSR count). The van der Waals surface area contributed by atoms with Gasteiger partial charge >= 0.3 is 0 Å². The van der Waals surface area contributed by atoms with Gasteiger partial charge in [0.2, 0.25) is 0 Å². The summed E-state index contributed by atoms with van der Waals surface area (Å²) in [5.41, 5.74) is 7.63. The second kappa shape index (κ2) is 5.24. The maximum Gasteiger partial charge on any atom is 0.193 e. The van der Waals surface area contributed by atoms with Crippen molar-refractivity contribution in [3.63, 3.8) is 0 Å². The number of hydrogen-bond donors (Lipinski definition) is 2. The van der Waals surface area contributed by atoms with E-state index in [0.717, 1.165) is 17.0 Å². The van der Waals surface area contributed by atoms with E-state index in [1.165, 1.54) is 0 Å². The Balaban J connectivity index is 2.80. The predicted octanol–water partition coefficient (Wildman–Crippen LogP) is 1.75. The minimum atomic E-state index is 0.432. The van der Waals surface area contributed by atoms with Gasteiger partial charge in [-0.25, -0.2) is 0 Å². The van der Waals surface area contributed by atoms with E-state index in [9.17, 15) is 0 Å². The van der Waals surface area contributed by atoms with Gasteiger partial charge in [-0.05, 0) is 37.6 Å². The van der Waals surface area contributed by atoms with Crippen LogP contribution in [0.25, 0.3) is 0 Å². The third-order valence-electron chi connectivity index (χ3n) is 2.00. The smallest absolute Gasteiger partial charge is 0.193 e. The van der Waals surface area contributed by atoms with Gasteiger partial charge in [0.1, 0.15) is 5.75 Å². The summed E-state index contributed by atoms with van der Waals surface area (Å²) in [6.45, 7) is 4.60. The third-order valence-corrected chi connectivity index (χ3v) is 2.00. The number of benzene rings is 1. The van der Waals surface area contributed by atoms with Crippen LogP contribution in [0.5, 0.6) is 5.75 Å². The minimum absolute atomic E-state index is 0.432. The molecule has 0 radical (unpaired) electrons. The number of nitrogens with one attached hydrogen (secondary N) is 1. The van der Waals surface area contributed by atoms with Crippen molar-refractivity contribution < 1.29 is 4.74 Å². The lowest BCUT2D eigenvalue weighted by Gasteiger charge is -2.08. The molecule has 0 aliphatic heterocycles. The van der Waals surface area contributed by atoms with Gasteiger partial charge in [0, 0.05) is 12.2 Å². The Morgan fingerprint density at radius 2 is 2.27 bits per heavy atom. The molecule has 0 aliphatic rings. The number of hydrogen-bond acceptors (Lipinski definition) is 2. The number of anilines is 1. The number of methoxy groups -OCH3 is 1. The van der Waals surface area contributed by atoms with Crippen LogP contribution in [-0.4, -0.2) is 19.6 Å². The molecule has 0 aliphatic carbocycles. The molecule has 15 heavy (non-hydrogen) atoms. The summed E-state index contributed by atoms with van der Waals surface area (Å²) in [7, 11) is 1.66. The standard InChI is InChI=1S/C11H17N3O/c1-4-13-11(12)14-9-5-6-10(15-3)8(2)7-9/h5-7H,4H2,1-3H3,(H3,12,13,14). The Bertz CT molecular complexity index is 361. The molecule has 0 amide bonds. The van der Waals surface area contributed by atoms with Crippen LogP contribution in [0.2, 0.25) is 0 Å². The summed E-state index contributed by atoms with van der Waals surface area (Å²) in [4.78, 5) is 4.04. The predicted molar refractivity (Wildman–Crippen MR) is 63.5 cm³/mol. The summed E-state index contributed by atoms with van der Waals surface area (Å²) in [5, 5.41) is 3.01. The van der Waals surface area contributed by atoms with Crippen molar-refractivity contribution in [3.8, 4) is 5.75 Å². The van der Waals surface area contributed by atoms with Gasteiger partial charge in [-0.15, -0.1) is 0 Å². The molecule has 0 atom stereocenters. The summed E-state index contributed by atoms with van der Waals surface area (Å²) in [5.74, 6) is 1.30. The molecule has 4 nitrogen and oxygen atoms in total. The third kappa shape index (κ3) is 3.16. The van der Waals surface area contributed by atoms with Crippen LogP contribution >= 0.6 is 0 Å². The van der Waals surface area contributed by atoms with Crippen molar-refractivity contribution in [2.24, 2.45) is 10.7 Å². The van der Waals surface area contributed by atoms with E-state index in [1.54, 1.807) is 7.11 Å². The van der Waals surface area contributed by atoms with E-state index in [0.29, 0.717) is 12.5 Å². The van der Waals surface area contributed by atoms with Crippen LogP contribution in [0.4, 0.5) is 5.69 Å². The molecule has 4 heteroatoms. The molecule has 1 aromatic rings. The lowest BCUT2D eigenvalue weighted by atomic mass is 10.2. The Kier molecular flexibility index (Phi) is 3.97. The highest BCUT2D eigenvalue weighted by molar-refractivity contribution is 5.92. The minimum Gasteiger partial charge on any atom is -0.496 e. The first-order valence-corrected chi connectivity index (χ1v) is 4.89. The first-order valence-electron chi connectivity index (χ1n) is 4.89. The number of nitrogens with two attached hydrogens (primary N) is 1. The second-order valence-corrected chi connectivity index (χ2v) is 3.17. The van der Waals surface area contributed by atoms with Crippen LogP contribution in [0.1, 0.15) is 12.5 Å². The SMILES string of the molecule is CCN=C(N)Nc1ccc(OC)c(C)c1. The molecular weight excluding hydrogens is 190 g/mol. The van der Waals surface area contributed by atoms with E-state index in [-0.39, 0.29) is 0 Å². The molecule has 82 valence electrons. The molecule has 1 aromatic carbocycles. The summed E-state index contributed by atoms with van der Waals surface area (Å²) >= 11 is 0. The van der Waals surface area contributed by atoms with Gasteiger partial charge in [-0.1, -0.05) is 0 Å². The summed E-state index contributed by atoms with van der Waals surface area (Å²) < 4.78 is 5.16. The fourth-order valence-corrected chi connectivity index (χ4v) is 1.31. The van der Waals surface area contributed by atoms with Gasteiger partial charge in [-0.3, -0.25) is 4.99 Å². The molecule has 3 N–H and O–H groups in total. The van der Waals surface area contributed by atoms with Crippen molar-refractivity contribution in [3.05, 3.63) is 23.8 Å². The first kappa shape index (κ1) is 11.4. The van der Waals surface area contributed by atoms with Crippen molar-refractivity contribution in [2.75, 3.05) is 19.0 Å². The van der Waals surface area contributed by atoms with Gasteiger partial charge < -0.3 is 15.8 Å². The van der Waals surface area contributed by atoms with Crippen molar-refractivity contribution >= 4 is 11.6 Å². The molecule has 0 fully saturated rings. The highest BCUT2D eigenvalue weighted by Gasteiger charge is 2.00. The number of ether oxygens (including phenoxy) is 1. The zero-order valence-electron chi connectivity index (χ0n) is 9.37. The molecule has 0 spiro atoms. The van der Waals surface area contributed by atoms with Gasteiger partial charge in [-0.2, -0.15) is 0 Å². The van der Waals surface area contributed by atoms with Gasteiger partial charge in [0.25, 0.3) is 0 Å². The topological polar surface area (TPSA) is 59.6 Å². The van der Waals surface area contributed by atoms with Crippen LogP contribution in [-0.2, 0) is 0 Å². The van der Waals surface area contributed by atoms with Crippen LogP contribution < -0.4 is 15.8 Å². The van der Waals surface area contributed by atoms with E-state index >= 15 is 0 Å². The zero-order valence-corrected chi connectivity index (χ0v) is 9.37. The molecule has 0 bridgehead atoms. The van der Waals surface area contributed by atoms with E-state index < -0.39 is 0 Å². The molecule has 0 unspecified atom stereocenters. The Hall–Kier alpha value is -1.71. The molecule has 0 saturated heterocycles. The Morgan fingerprint density at radius 1 is 1.53 bits per heavy atom. The average molecular weight is 207 g/mol. The quantitative estimate of drug-likeness (QED) is 0.586. The largest absolute Gasteiger partial charge is 0.496 e.